The number of nitrogens with one attached hydrogen (secondary N) is 1. The Hall–Kier alpha value is -2.06. The summed E-state index contributed by atoms with van der Waals surface area (Å²) >= 11 is 5.06. The minimum atomic E-state index is -3.59. The van der Waals surface area contributed by atoms with E-state index in [9.17, 15) is 13.2 Å². The first-order valence-corrected chi connectivity index (χ1v) is 8.87. The Balaban J connectivity index is 2.22. The first-order valence-electron chi connectivity index (χ1n) is 8.47. The molecule has 1 aliphatic rings. The van der Waals surface area contributed by atoms with Crippen LogP contribution >= 0.6 is 12.2 Å². The van der Waals surface area contributed by atoms with Gasteiger partial charge in [-0.2, -0.15) is 0 Å². The molecule has 1 heterocycles. The Bertz CT molecular complexity index is 926. The zero-order valence-electron chi connectivity index (χ0n) is 15.4. The number of benzene rings is 2. The maximum Gasteiger partial charge on any atom is 0.302 e. The Labute approximate surface area is 164 Å². The molecular weight excluding hydrogens is 397 g/mol. The van der Waals surface area contributed by atoms with E-state index in [1.165, 1.54) is 19.9 Å². The zero-order valence-corrected chi connectivity index (χ0v) is 16.2. The summed E-state index contributed by atoms with van der Waals surface area (Å²) in [6, 6.07) is 6.17. The van der Waals surface area contributed by atoms with Gasteiger partial charge >= 0.3 is 5.92 Å². The number of hydrogen-bond donors (Lipinski definition) is 1. The molecule has 2 nitrogen and oxygen atoms in total. The van der Waals surface area contributed by atoms with E-state index in [0.29, 0.717) is 6.07 Å². The highest BCUT2D eigenvalue weighted by atomic mass is 32.1. The van der Waals surface area contributed by atoms with Crippen LogP contribution in [0.3, 0.4) is 0 Å². The molecule has 1 fully saturated rings. The minimum Gasteiger partial charge on any atom is -0.363 e. The summed E-state index contributed by atoms with van der Waals surface area (Å²) in [4.78, 5) is -0.00523. The summed E-state index contributed by atoms with van der Waals surface area (Å²) in [5, 5.41) is 2.53. The molecule has 1 saturated heterocycles. The van der Waals surface area contributed by atoms with E-state index >= 15 is 8.78 Å². The third kappa shape index (κ3) is 3.28. The molecule has 8 heteroatoms. The normalized spacial score (nSPS) is 23.8. The molecule has 1 aliphatic heterocycles. The van der Waals surface area contributed by atoms with Gasteiger partial charge in [-0.05, 0) is 56.2 Å². The highest BCUT2D eigenvalue weighted by molar-refractivity contribution is 7.80. The molecule has 0 saturated carbocycles. The Morgan fingerprint density at radius 2 is 1.54 bits per heavy atom. The van der Waals surface area contributed by atoms with E-state index in [1.54, 1.807) is 0 Å². The monoisotopic (exact) mass is 415 g/mol. The molecule has 2 aromatic carbocycles. The van der Waals surface area contributed by atoms with Crippen molar-refractivity contribution < 1.29 is 26.7 Å². The smallest absolute Gasteiger partial charge is 0.302 e. The Kier molecular flexibility index (Phi) is 5.00. The van der Waals surface area contributed by atoms with Gasteiger partial charge in [0.25, 0.3) is 0 Å². The Morgan fingerprint density at radius 3 is 2.14 bits per heavy atom. The number of ether oxygens (including phenoxy) is 1. The Morgan fingerprint density at radius 1 is 0.929 bits per heavy atom. The van der Waals surface area contributed by atoms with Gasteiger partial charge in [0.05, 0.1) is 6.61 Å². The lowest BCUT2D eigenvalue weighted by molar-refractivity contribution is -0.216. The van der Waals surface area contributed by atoms with E-state index in [4.69, 9.17) is 17.0 Å². The average molecular weight is 415 g/mol. The number of alkyl halides is 2. The first kappa shape index (κ1) is 20.7. The van der Waals surface area contributed by atoms with Crippen LogP contribution < -0.4 is 5.32 Å². The third-order valence-electron chi connectivity index (χ3n) is 5.04. The summed E-state index contributed by atoms with van der Waals surface area (Å²) in [6.07, 6.45) is 0. The van der Waals surface area contributed by atoms with Crippen molar-refractivity contribution in [2.75, 3.05) is 6.61 Å². The predicted molar refractivity (Wildman–Crippen MR) is 99.8 cm³/mol. The van der Waals surface area contributed by atoms with E-state index in [2.05, 4.69) is 5.32 Å². The third-order valence-corrected chi connectivity index (χ3v) is 5.26. The SMILES string of the molecule is CC1(C)OCC(=S)NC(C)(c2cc(-c3cc(F)cc(F)c3)ccc2F)C1(F)F. The fourth-order valence-corrected chi connectivity index (χ4v) is 3.64. The molecule has 3 rings (SSSR count). The summed E-state index contributed by atoms with van der Waals surface area (Å²) < 4.78 is 78.0. The van der Waals surface area contributed by atoms with Crippen LogP contribution in [0.4, 0.5) is 22.0 Å². The summed E-state index contributed by atoms with van der Waals surface area (Å²) in [5.74, 6) is -6.16. The van der Waals surface area contributed by atoms with Crippen LogP contribution in [0.25, 0.3) is 11.1 Å². The van der Waals surface area contributed by atoms with Gasteiger partial charge in [-0.1, -0.05) is 18.3 Å². The fraction of sp³-hybridized carbons (Fsp3) is 0.350. The molecule has 0 radical (unpaired) electrons. The maximum absolute atomic E-state index is 15.5. The van der Waals surface area contributed by atoms with Crippen molar-refractivity contribution in [2.24, 2.45) is 0 Å². The van der Waals surface area contributed by atoms with Crippen molar-refractivity contribution >= 4 is 17.2 Å². The molecular formula is C20H18F5NOS. The van der Waals surface area contributed by atoms with Gasteiger partial charge in [0.2, 0.25) is 0 Å². The van der Waals surface area contributed by atoms with Crippen LogP contribution in [0.2, 0.25) is 0 Å². The van der Waals surface area contributed by atoms with Crippen LogP contribution in [-0.4, -0.2) is 23.1 Å². The van der Waals surface area contributed by atoms with E-state index in [1.807, 2.05) is 0 Å². The second kappa shape index (κ2) is 6.77. The maximum atomic E-state index is 15.5. The van der Waals surface area contributed by atoms with Crippen molar-refractivity contribution in [1.29, 1.82) is 0 Å². The number of hydrogen-bond acceptors (Lipinski definition) is 2. The molecule has 0 bridgehead atoms. The molecule has 1 unspecified atom stereocenters. The minimum absolute atomic E-state index is 0.00523. The van der Waals surface area contributed by atoms with Crippen LogP contribution in [-0.2, 0) is 10.3 Å². The number of rotatable bonds is 2. The molecule has 1 atom stereocenters. The highest BCUT2D eigenvalue weighted by Crippen LogP contribution is 2.48. The molecule has 0 amide bonds. The van der Waals surface area contributed by atoms with Gasteiger partial charge in [-0.3, -0.25) is 0 Å². The molecule has 28 heavy (non-hydrogen) atoms. The lowest BCUT2D eigenvalue weighted by Crippen LogP contribution is -2.62. The van der Waals surface area contributed by atoms with Crippen LogP contribution in [0.1, 0.15) is 26.3 Å². The van der Waals surface area contributed by atoms with Crippen molar-refractivity contribution in [3.8, 4) is 11.1 Å². The largest absolute Gasteiger partial charge is 0.363 e. The molecule has 1 N–H and O–H groups in total. The van der Waals surface area contributed by atoms with Gasteiger partial charge in [0.15, 0.2) is 0 Å². The average Bonchev–Trinajstić information content (AvgIpc) is 2.64. The molecule has 150 valence electrons. The van der Waals surface area contributed by atoms with E-state index < -0.39 is 34.5 Å². The summed E-state index contributed by atoms with van der Waals surface area (Å²) in [7, 11) is 0. The zero-order chi connectivity index (χ0) is 20.9. The lowest BCUT2D eigenvalue weighted by Gasteiger charge is -2.44. The number of halogens is 5. The van der Waals surface area contributed by atoms with Crippen LogP contribution in [0, 0.1) is 17.5 Å². The quantitative estimate of drug-likeness (QED) is 0.528. The fourth-order valence-electron chi connectivity index (χ4n) is 3.38. The molecule has 0 aromatic heterocycles. The predicted octanol–water partition coefficient (Wildman–Crippen LogP) is 5.35. The topological polar surface area (TPSA) is 21.3 Å². The van der Waals surface area contributed by atoms with Crippen molar-refractivity contribution in [2.45, 2.75) is 37.8 Å². The van der Waals surface area contributed by atoms with Crippen molar-refractivity contribution in [1.82, 2.24) is 5.32 Å². The van der Waals surface area contributed by atoms with Gasteiger partial charge < -0.3 is 10.1 Å². The second-order valence-corrected chi connectivity index (χ2v) is 7.89. The van der Waals surface area contributed by atoms with Crippen molar-refractivity contribution in [3.63, 3.8) is 0 Å². The van der Waals surface area contributed by atoms with Gasteiger partial charge in [-0.15, -0.1) is 0 Å². The van der Waals surface area contributed by atoms with Gasteiger partial charge in [0.1, 0.15) is 33.6 Å². The summed E-state index contributed by atoms with van der Waals surface area (Å²) in [5.41, 5.74) is -4.32. The van der Waals surface area contributed by atoms with Crippen LogP contribution in [0.15, 0.2) is 36.4 Å². The molecule has 0 aliphatic carbocycles. The van der Waals surface area contributed by atoms with Crippen LogP contribution in [0.5, 0.6) is 0 Å². The molecule has 2 aromatic rings. The highest BCUT2D eigenvalue weighted by Gasteiger charge is 2.64. The van der Waals surface area contributed by atoms with Gasteiger partial charge in [0, 0.05) is 11.6 Å². The standard InChI is InChI=1S/C20H18F5NOS/c1-18(2)20(24,25)19(3,26-17(28)10-27-18)15-8-11(4-5-16(15)23)12-6-13(21)9-14(22)7-12/h4-9H,10H2,1-3H3,(H,26,28). The first-order chi connectivity index (χ1) is 12.9. The van der Waals surface area contributed by atoms with Gasteiger partial charge in [-0.25, -0.2) is 22.0 Å². The van der Waals surface area contributed by atoms with E-state index in [-0.39, 0.29) is 28.3 Å². The van der Waals surface area contributed by atoms with Crippen molar-refractivity contribution in [3.05, 3.63) is 59.4 Å². The lowest BCUT2D eigenvalue weighted by atomic mass is 9.77. The number of thiocarbonyl (C=S) groups is 1. The summed E-state index contributed by atoms with van der Waals surface area (Å²) in [6.45, 7) is 3.28. The second-order valence-electron chi connectivity index (χ2n) is 7.40. The van der Waals surface area contributed by atoms with E-state index in [0.717, 1.165) is 31.2 Å². The molecule has 0 spiro atoms.